The zero-order chi connectivity index (χ0) is 28.9. The molecule has 0 atom stereocenters. The van der Waals surface area contributed by atoms with Gasteiger partial charge < -0.3 is 19.0 Å². The number of nitrogens with zero attached hydrogens (tertiary/aromatic N) is 3. The first kappa shape index (κ1) is 26.9. The number of halogens is 1. The molecule has 210 valence electrons. The van der Waals surface area contributed by atoms with Gasteiger partial charge in [0.1, 0.15) is 16.3 Å². The molecule has 4 heterocycles. The molecule has 41 heavy (non-hydrogen) atoms. The summed E-state index contributed by atoms with van der Waals surface area (Å²) in [5.41, 5.74) is 3.01. The molecule has 0 unspecified atom stereocenters. The van der Waals surface area contributed by atoms with Crippen molar-refractivity contribution in [2.75, 3.05) is 19.8 Å². The Morgan fingerprint density at radius 2 is 1.95 bits per heavy atom. The number of nitrogens with one attached hydrogen (secondary N) is 1. The average Bonchev–Trinajstić information content (AvgIpc) is 3.34. The molecule has 1 N–H and O–H groups in total. The number of ether oxygens (including phenoxy) is 2. The van der Waals surface area contributed by atoms with Gasteiger partial charge in [-0.2, -0.15) is 13.7 Å². The molecule has 2 aromatic carbocycles. The maximum atomic E-state index is 14.2. The standard InChI is InChI=1S/C30H27FN4O5S/c1-17(2)16-40-27-12-24-26(11-23(27)19-10-21(15-33-14-19)41(31,37)38)35(20-5-7-39-8-6-20)30-28(29(24)36)22-4-3-18(13-32)9-25(22)34-30/h3-4,9-12,14-15,17,20,34H,5-8,16H2,1-2H3. The van der Waals surface area contributed by atoms with Crippen molar-refractivity contribution in [3.05, 3.63) is 64.6 Å². The lowest BCUT2D eigenvalue weighted by molar-refractivity contribution is 0.0715. The van der Waals surface area contributed by atoms with Gasteiger partial charge in [0, 0.05) is 53.7 Å². The zero-order valence-corrected chi connectivity index (χ0v) is 23.3. The minimum atomic E-state index is -5.00. The molecule has 11 heteroatoms. The van der Waals surface area contributed by atoms with Crippen LogP contribution in [0.5, 0.6) is 5.75 Å². The van der Waals surface area contributed by atoms with Crippen molar-refractivity contribution in [3.8, 4) is 22.9 Å². The lowest BCUT2D eigenvalue weighted by atomic mass is 10.00. The van der Waals surface area contributed by atoms with E-state index in [1.54, 1.807) is 30.3 Å². The van der Waals surface area contributed by atoms with Crippen LogP contribution in [0.4, 0.5) is 3.89 Å². The molecule has 6 rings (SSSR count). The Kier molecular flexibility index (Phi) is 6.76. The van der Waals surface area contributed by atoms with E-state index < -0.39 is 15.1 Å². The van der Waals surface area contributed by atoms with E-state index in [4.69, 9.17) is 9.47 Å². The molecular formula is C30H27FN4O5S. The summed E-state index contributed by atoms with van der Waals surface area (Å²) >= 11 is 0. The Balaban J connectivity index is 1.73. The van der Waals surface area contributed by atoms with Crippen molar-refractivity contribution < 1.29 is 21.8 Å². The summed E-state index contributed by atoms with van der Waals surface area (Å²) in [7, 11) is -5.00. The Labute approximate surface area is 235 Å². The largest absolute Gasteiger partial charge is 0.493 e. The van der Waals surface area contributed by atoms with Crippen LogP contribution in [0.1, 0.15) is 38.3 Å². The van der Waals surface area contributed by atoms with E-state index in [-0.39, 0.29) is 17.4 Å². The topological polar surface area (TPSA) is 127 Å². The summed E-state index contributed by atoms with van der Waals surface area (Å²) in [5.74, 6) is 0.529. The number of aromatic amines is 1. The SMILES string of the molecule is CC(C)COc1cc2c(=O)c3c4ccc(C#N)cc4[nH]c3n(C3CCOCC3)c2cc1-c1cncc(S(=O)(=O)F)c1. The van der Waals surface area contributed by atoms with Gasteiger partial charge in [-0.3, -0.25) is 9.78 Å². The van der Waals surface area contributed by atoms with Crippen molar-refractivity contribution in [1.82, 2.24) is 14.5 Å². The lowest BCUT2D eigenvalue weighted by Gasteiger charge is -2.28. The van der Waals surface area contributed by atoms with Gasteiger partial charge in [-0.05, 0) is 49.1 Å². The molecule has 5 aromatic rings. The van der Waals surface area contributed by atoms with Gasteiger partial charge in [0.2, 0.25) is 0 Å². The maximum Gasteiger partial charge on any atom is 0.333 e. The first-order valence-electron chi connectivity index (χ1n) is 13.3. The highest BCUT2D eigenvalue weighted by atomic mass is 32.3. The van der Waals surface area contributed by atoms with E-state index in [0.717, 1.165) is 6.20 Å². The Morgan fingerprint density at radius 3 is 2.66 bits per heavy atom. The van der Waals surface area contributed by atoms with Crippen LogP contribution < -0.4 is 10.2 Å². The fourth-order valence-corrected chi connectivity index (χ4v) is 5.95. The zero-order valence-electron chi connectivity index (χ0n) is 22.5. The fraction of sp³-hybridized carbons (Fsp3) is 0.300. The van der Waals surface area contributed by atoms with Crippen molar-refractivity contribution in [3.63, 3.8) is 0 Å². The van der Waals surface area contributed by atoms with Gasteiger partial charge in [-0.25, -0.2) is 0 Å². The van der Waals surface area contributed by atoms with Gasteiger partial charge in [0.15, 0.2) is 5.43 Å². The second-order valence-electron chi connectivity index (χ2n) is 10.7. The van der Waals surface area contributed by atoms with Crippen molar-refractivity contribution in [2.24, 2.45) is 5.92 Å². The average molecular weight is 575 g/mol. The Hall–Kier alpha value is -4.27. The van der Waals surface area contributed by atoms with Gasteiger partial charge in [0.25, 0.3) is 0 Å². The molecule has 0 aliphatic carbocycles. The number of nitriles is 1. The number of pyridine rings is 2. The summed E-state index contributed by atoms with van der Waals surface area (Å²) < 4.78 is 51.2. The maximum absolute atomic E-state index is 14.2. The van der Waals surface area contributed by atoms with Crippen LogP contribution >= 0.6 is 0 Å². The number of aromatic nitrogens is 3. The fourth-order valence-electron chi connectivity index (χ4n) is 5.49. The van der Waals surface area contributed by atoms with Gasteiger partial charge in [-0.15, -0.1) is 3.89 Å². The second kappa shape index (κ2) is 10.3. The molecule has 0 spiro atoms. The molecular weight excluding hydrogens is 547 g/mol. The monoisotopic (exact) mass is 574 g/mol. The van der Waals surface area contributed by atoms with E-state index in [1.807, 2.05) is 13.8 Å². The number of H-pyrrole nitrogens is 1. The number of hydrogen-bond donors (Lipinski definition) is 1. The minimum Gasteiger partial charge on any atom is -0.493 e. The molecule has 1 aliphatic heterocycles. The highest BCUT2D eigenvalue weighted by molar-refractivity contribution is 7.86. The van der Waals surface area contributed by atoms with Crippen LogP contribution in [-0.4, -0.2) is 42.8 Å². The summed E-state index contributed by atoms with van der Waals surface area (Å²) in [6, 6.07) is 12.0. The lowest BCUT2D eigenvalue weighted by Crippen LogP contribution is -2.22. The summed E-state index contributed by atoms with van der Waals surface area (Å²) in [5, 5.41) is 11.1. The van der Waals surface area contributed by atoms with E-state index >= 15 is 0 Å². The van der Waals surface area contributed by atoms with Gasteiger partial charge in [0.05, 0.1) is 34.5 Å². The third kappa shape index (κ3) is 4.83. The summed E-state index contributed by atoms with van der Waals surface area (Å²) in [6.07, 6.45) is 3.82. The van der Waals surface area contributed by atoms with Crippen LogP contribution in [0.3, 0.4) is 0 Å². The molecule has 0 radical (unpaired) electrons. The number of benzene rings is 2. The van der Waals surface area contributed by atoms with Crippen molar-refractivity contribution in [2.45, 2.75) is 37.6 Å². The molecule has 3 aromatic heterocycles. The summed E-state index contributed by atoms with van der Waals surface area (Å²) in [6.45, 7) is 5.43. The molecule has 1 saturated heterocycles. The van der Waals surface area contributed by atoms with E-state index in [0.29, 0.717) is 87.9 Å². The highest BCUT2D eigenvalue weighted by Gasteiger charge is 2.25. The Bertz CT molecular complexity index is 2040. The van der Waals surface area contributed by atoms with E-state index in [1.165, 1.54) is 12.3 Å². The van der Waals surface area contributed by atoms with Crippen molar-refractivity contribution >= 4 is 43.1 Å². The predicted octanol–water partition coefficient (Wildman–Crippen LogP) is 5.61. The van der Waals surface area contributed by atoms with E-state index in [2.05, 4.69) is 20.6 Å². The smallest absolute Gasteiger partial charge is 0.333 e. The minimum absolute atomic E-state index is 0.0104. The first-order chi connectivity index (χ1) is 19.7. The third-order valence-corrected chi connectivity index (χ3v) is 8.20. The van der Waals surface area contributed by atoms with E-state index in [9.17, 15) is 22.4 Å². The number of hydrogen-bond acceptors (Lipinski definition) is 7. The summed E-state index contributed by atoms with van der Waals surface area (Å²) in [4.78, 5) is 21.0. The van der Waals surface area contributed by atoms with Crippen molar-refractivity contribution in [1.29, 1.82) is 5.26 Å². The first-order valence-corrected chi connectivity index (χ1v) is 14.7. The molecule has 1 fully saturated rings. The molecule has 0 amide bonds. The van der Waals surface area contributed by atoms with Crippen LogP contribution in [0, 0.1) is 17.2 Å². The number of rotatable bonds is 6. The van der Waals surface area contributed by atoms with Gasteiger partial charge in [-0.1, -0.05) is 19.9 Å². The van der Waals surface area contributed by atoms with Crippen LogP contribution in [-0.2, 0) is 15.0 Å². The number of fused-ring (bicyclic) bond motifs is 4. The van der Waals surface area contributed by atoms with Crippen LogP contribution in [0.2, 0.25) is 0 Å². The quantitative estimate of drug-likeness (QED) is 0.261. The second-order valence-corrected chi connectivity index (χ2v) is 12.0. The predicted molar refractivity (Wildman–Crippen MR) is 153 cm³/mol. The van der Waals surface area contributed by atoms with Crippen LogP contribution in [0.15, 0.2) is 58.5 Å². The third-order valence-electron chi connectivity index (χ3n) is 7.41. The molecule has 0 saturated carbocycles. The highest BCUT2D eigenvalue weighted by Crippen LogP contribution is 2.39. The molecule has 1 aliphatic rings. The van der Waals surface area contributed by atoms with Crippen LogP contribution in [0.25, 0.3) is 44.0 Å². The van der Waals surface area contributed by atoms with Gasteiger partial charge >= 0.3 is 10.2 Å². The molecule has 0 bridgehead atoms. The normalized spacial score (nSPS) is 14.7. The Morgan fingerprint density at radius 1 is 1.17 bits per heavy atom. The molecule has 9 nitrogen and oxygen atoms in total.